The lowest BCUT2D eigenvalue weighted by Crippen LogP contribution is -2.46. The molecule has 3 atom stereocenters. The fourth-order valence-corrected chi connectivity index (χ4v) is 3.41. The van der Waals surface area contributed by atoms with Crippen molar-refractivity contribution in [3.63, 3.8) is 0 Å². The van der Waals surface area contributed by atoms with E-state index in [4.69, 9.17) is 4.74 Å². The van der Waals surface area contributed by atoms with Crippen molar-refractivity contribution >= 4 is 12.2 Å². The van der Waals surface area contributed by atoms with Gasteiger partial charge in [-0.25, -0.2) is 4.79 Å². The first-order valence-corrected chi connectivity index (χ1v) is 9.03. The second-order valence-electron chi connectivity index (χ2n) is 8.33. The van der Waals surface area contributed by atoms with Crippen molar-refractivity contribution in [2.24, 2.45) is 11.8 Å². The van der Waals surface area contributed by atoms with E-state index in [1.54, 1.807) is 31.7 Å². The number of nitrogens with zero attached hydrogens (tertiary/aromatic N) is 3. The molecule has 3 rings (SSSR count). The van der Waals surface area contributed by atoms with Crippen LogP contribution in [-0.4, -0.2) is 39.4 Å². The Morgan fingerprint density at radius 1 is 1.22 bits per heavy atom. The maximum Gasteiger partial charge on any atom is 0.418 e. The molecule has 1 amide bonds. The van der Waals surface area contributed by atoms with Crippen LogP contribution in [0.15, 0.2) is 12.1 Å². The topological polar surface area (TPSA) is 55.3 Å². The van der Waals surface area contributed by atoms with E-state index >= 15 is 0 Å². The van der Waals surface area contributed by atoms with Crippen LogP contribution in [0.2, 0.25) is 0 Å². The smallest absolute Gasteiger partial charge is 0.418 e. The molecule has 148 valence electrons. The number of amides is 1. The summed E-state index contributed by atoms with van der Waals surface area (Å²) in [7, 11) is 0. The lowest BCUT2D eigenvalue weighted by Gasteiger charge is -2.35. The molecule has 0 radical (unpaired) electrons. The minimum absolute atomic E-state index is 0.202. The second-order valence-corrected chi connectivity index (χ2v) is 8.33. The number of alkyl halides is 3. The van der Waals surface area contributed by atoms with Gasteiger partial charge in [0.1, 0.15) is 5.60 Å². The van der Waals surface area contributed by atoms with Crippen LogP contribution in [0.25, 0.3) is 6.08 Å². The highest BCUT2D eigenvalue weighted by Gasteiger charge is 2.47. The average Bonchev–Trinajstić information content (AvgIpc) is 3.28. The summed E-state index contributed by atoms with van der Waals surface area (Å²) in [6, 6.07) is 0.670. The Balaban J connectivity index is 1.83. The van der Waals surface area contributed by atoms with Crippen molar-refractivity contribution in [1.82, 2.24) is 15.1 Å². The van der Waals surface area contributed by atoms with Crippen molar-refractivity contribution in [3.05, 3.63) is 29.1 Å². The van der Waals surface area contributed by atoms with Gasteiger partial charge in [-0.3, -0.25) is 0 Å². The maximum absolute atomic E-state index is 13.3. The highest BCUT2D eigenvalue weighted by molar-refractivity contribution is 5.69. The number of carbonyl (C=O) groups excluding carboxylic acids is 1. The number of carbonyl (C=O) groups is 1. The zero-order valence-corrected chi connectivity index (χ0v) is 15.9. The maximum atomic E-state index is 13.3. The highest BCUT2D eigenvalue weighted by atomic mass is 19.4. The fourth-order valence-electron chi connectivity index (χ4n) is 3.41. The van der Waals surface area contributed by atoms with E-state index in [-0.39, 0.29) is 17.4 Å². The van der Waals surface area contributed by atoms with E-state index in [2.05, 4.69) is 10.2 Å². The van der Waals surface area contributed by atoms with Gasteiger partial charge in [0, 0.05) is 6.54 Å². The molecule has 5 nitrogen and oxygen atoms in total. The number of aryl methyl sites for hydroxylation is 1. The predicted molar refractivity (Wildman–Crippen MR) is 93.7 cm³/mol. The van der Waals surface area contributed by atoms with Crippen LogP contribution in [0.1, 0.15) is 50.6 Å². The molecule has 8 heteroatoms. The fraction of sp³-hybridized carbons (Fsp3) is 0.632. The summed E-state index contributed by atoms with van der Waals surface area (Å²) in [5.41, 5.74) is -1.49. The zero-order valence-electron chi connectivity index (χ0n) is 15.9. The van der Waals surface area contributed by atoms with Gasteiger partial charge in [0.25, 0.3) is 0 Å². The first kappa shape index (κ1) is 19.6. The van der Waals surface area contributed by atoms with Crippen molar-refractivity contribution < 1.29 is 22.7 Å². The number of rotatable bonds is 2. The molecule has 1 aliphatic heterocycles. The zero-order chi connectivity index (χ0) is 20.0. The SMILES string of the molecule is Cc1cc(C(F)(F)F)c(C=CC2CC3CC3CN2C(=O)OC(C)(C)C)nn1. The molecule has 1 saturated carbocycles. The summed E-state index contributed by atoms with van der Waals surface area (Å²) in [5, 5.41) is 7.43. The van der Waals surface area contributed by atoms with Crippen molar-refractivity contribution in [2.75, 3.05) is 6.54 Å². The number of ether oxygens (including phenoxy) is 1. The number of halogens is 3. The van der Waals surface area contributed by atoms with Gasteiger partial charge in [-0.05, 0) is 64.5 Å². The van der Waals surface area contributed by atoms with Gasteiger partial charge in [0.15, 0.2) is 0 Å². The molecule has 2 heterocycles. The summed E-state index contributed by atoms with van der Waals surface area (Å²) in [4.78, 5) is 14.1. The van der Waals surface area contributed by atoms with Crippen LogP contribution < -0.4 is 0 Å². The van der Waals surface area contributed by atoms with Crippen LogP contribution in [0, 0.1) is 18.8 Å². The molecule has 1 saturated heterocycles. The third kappa shape index (κ3) is 4.78. The Morgan fingerprint density at radius 2 is 1.93 bits per heavy atom. The minimum Gasteiger partial charge on any atom is -0.444 e. The predicted octanol–water partition coefficient (Wildman–Crippen LogP) is 4.46. The van der Waals surface area contributed by atoms with Gasteiger partial charge < -0.3 is 9.64 Å². The van der Waals surface area contributed by atoms with Gasteiger partial charge in [-0.2, -0.15) is 23.4 Å². The molecule has 2 fully saturated rings. The lowest BCUT2D eigenvalue weighted by atomic mass is 10.0. The Morgan fingerprint density at radius 3 is 2.56 bits per heavy atom. The minimum atomic E-state index is -4.51. The third-order valence-corrected chi connectivity index (χ3v) is 4.80. The molecule has 1 aromatic rings. The monoisotopic (exact) mass is 383 g/mol. The van der Waals surface area contributed by atoms with Crippen LogP contribution >= 0.6 is 0 Å². The molecule has 0 N–H and O–H groups in total. The highest BCUT2D eigenvalue weighted by Crippen LogP contribution is 2.47. The Hall–Kier alpha value is -2.12. The number of hydrogen-bond donors (Lipinski definition) is 0. The Bertz CT molecular complexity index is 756. The van der Waals surface area contributed by atoms with E-state index < -0.39 is 23.4 Å². The quantitative estimate of drug-likeness (QED) is 0.757. The molecular formula is C19H24F3N3O2. The van der Waals surface area contributed by atoms with E-state index in [9.17, 15) is 18.0 Å². The van der Waals surface area contributed by atoms with Crippen molar-refractivity contribution in [2.45, 2.75) is 58.4 Å². The van der Waals surface area contributed by atoms with Crippen LogP contribution in [0.4, 0.5) is 18.0 Å². The lowest BCUT2D eigenvalue weighted by molar-refractivity contribution is -0.138. The molecule has 0 aromatic carbocycles. The summed E-state index contributed by atoms with van der Waals surface area (Å²) in [6.07, 6.45) is -0.247. The second kappa shape index (κ2) is 6.80. The Labute approximate surface area is 156 Å². The summed E-state index contributed by atoms with van der Waals surface area (Å²) >= 11 is 0. The number of piperidine rings is 1. The molecule has 0 bridgehead atoms. The number of aromatic nitrogens is 2. The summed E-state index contributed by atoms with van der Waals surface area (Å²) in [5.74, 6) is 0.983. The molecule has 27 heavy (non-hydrogen) atoms. The number of hydrogen-bond acceptors (Lipinski definition) is 4. The van der Waals surface area contributed by atoms with Crippen molar-refractivity contribution in [1.29, 1.82) is 0 Å². The van der Waals surface area contributed by atoms with Gasteiger partial charge in [-0.15, -0.1) is 0 Å². The van der Waals surface area contributed by atoms with Gasteiger partial charge in [-0.1, -0.05) is 6.08 Å². The molecule has 3 unspecified atom stereocenters. The Kier molecular flexibility index (Phi) is 4.94. The van der Waals surface area contributed by atoms with Gasteiger partial charge >= 0.3 is 12.3 Å². The largest absolute Gasteiger partial charge is 0.444 e. The molecule has 1 aromatic heterocycles. The molecule has 2 aliphatic rings. The average molecular weight is 383 g/mol. The number of fused-ring (bicyclic) bond motifs is 1. The van der Waals surface area contributed by atoms with Crippen molar-refractivity contribution in [3.8, 4) is 0 Å². The summed E-state index contributed by atoms with van der Waals surface area (Å²) < 4.78 is 45.3. The van der Waals surface area contributed by atoms with Crippen LogP contribution in [0.5, 0.6) is 0 Å². The van der Waals surface area contributed by atoms with E-state index in [1.807, 2.05) is 0 Å². The van der Waals surface area contributed by atoms with E-state index in [1.165, 1.54) is 13.0 Å². The summed E-state index contributed by atoms with van der Waals surface area (Å²) in [6.45, 7) is 7.40. The molecule has 0 spiro atoms. The standard InChI is InChI=1S/C19H24F3N3O2/c1-11-7-15(19(20,21)22)16(24-23-11)6-5-14-9-12-8-13(12)10-25(14)17(26)27-18(2,3)4/h5-7,12-14H,8-10H2,1-4H3. The number of likely N-dealkylation sites (tertiary alicyclic amines) is 1. The molecule has 1 aliphatic carbocycles. The van der Waals surface area contributed by atoms with Crippen LogP contribution in [0.3, 0.4) is 0 Å². The van der Waals surface area contributed by atoms with Crippen LogP contribution in [-0.2, 0) is 10.9 Å². The van der Waals surface area contributed by atoms with Gasteiger partial charge in [0.2, 0.25) is 0 Å². The third-order valence-electron chi connectivity index (χ3n) is 4.80. The first-order chi connectivity index (χ1) is 12.4. The van der Waals surface area contributed by atoms with E-state index in [0.29, 0.717) is 18.4 Å². The first-order valence-electron chi connectivity index (χ1n) is 9.03. The van der Waals surface area contributed by atoms with E-state index in [0.717, 1.165) is 18.9 Å². The normalized spacial score (nSPS) is 25.4. The van der Waals surface area contributed by atoms with Gasteiger partial charge in [0.05, 0.1) is 23.0 Å². The molecular weight excluding hydrogens is 359 g/mol.